The number of carbonyl (C=O) groups is 1. The van der Waals surface area contributed by atoms with Crippen molar-refractivity contribution in [3.8, 4) is 0 Å². The number of aryl methyl sites for hydroxylation is 2. The third-order valence-corrected chi connectivity index (χ3v) is 2.33. The van der Waals surface area contributed by atoms with Crippen molar-refractivity contribution in [1.29, 1.82) is 0 Å². The molecule has 5 nitrogen and oxygen atoms in total. The van der Waals surface area contributed by atoms with E-state index in [-0.39, 0.29) is 5.91 Å². The molecule has 5 heteroatoms. The van der Waals surface area contributed by atoms with E-state index in [1.165, 1.54) is 0 Å². The van der Waals surface area contributed by atoms with Gasteiger partial charge in [-0.3, -0.25) is 9.48 Å². The predicted molar refractivity (Wildman–Crippen MR) is 61.1 cm³/mol. The maximum absolute atomic E-state index is 11.4. The second-order valence-electron chi connectivity index (χ2n) is 3.64. The van der Waals surface area contributed by atoms with Gasteiger partial charge in [0.15, 0.2) is 0 Å². The third kappa shape index (κ3) is 4.44. The zero-order chi connectivity index (χ0) is 11.8. The molecule has 1 N–H and O–H groups in total. The Bertz CT molecular complexity index is 323. The lowest BCUT2D eigenvalue weighted by atomic mass is 10.3. The molecule has 0 fully saturated rings. The normalized spacial score (nSPS) is 10.4. The molecule has 1 amide bonds. The van der Waals surface area contributed by atoms with Gasteiger partial charge >= 0.3 is 0 Å². The van der Waals surface area contributed by atoms with Crippen LogP contribution in [0.5, 0.6) is 0 Å². The summed E-state index contributed by atoms with van der Waals surface area (Å²) in [6, 6.07) is 1.93. The van der Waals surface area contributed by atoms with Gasteiger partial charge in [-0.15, -0.1) is 0 Å². The van der Waals surface area contributed by atoms with Crippen molar-refractivity contribution in [2.75, 3.05) is 20.3 Å². The van der Waals surface area contributed by atoms with Crippen LogP contribution in [-0.4, -0.2) is 35.9 Å². The maximum atomic E-state index is 11.4. The minimum absolute atomic E-state index is 0.0611. The second-order valence-corrected chi connectivity index (χ2v) is 3.64. The lowest BCUT2D eigenvalue weighted by molar-refractivity contribution is -0.121. The summed E-state index contributed by atoms with van der Waals surface area (Å²) in [6.45, 7) is 3.96. The Kier molecular flexibility index (Phi) is 5.56. The molecule has 1 rings (SSSR count). The van der Waals surface area contributed by atoms with Crippen molar-refractivity contribution in [3.63, 3.8) is 0 Å². The summed E-state index contributed by atoms with van der Waals surface area (Å²) in [5.41, 5.74) is 1.08. The molecule has 0 aliphatic rings. The topological polar surface area (TPSA) is 56.1 Å². The molecule has 0 radical (unpaired) electrons. The van der Waals surface area contributed by atoms with Gasteiger partial charge in [0.05, 0.1) is 0 Å². The number of carbonyl (C=O) groups excluding carboxylic acids is 1. The van der Waals surface area contributed by atoms with Crippen LogP contribution in [0.25, 0.3) is 0 Å². The smallest absolute Gasteiger partial charge is 0.221 e. The molecule has 0 spiro atoms. The number of aromatic nitrogens is 2. The number of hydrogen-bond acceptors (Lipinski definition) is 3. The van der Waals surface area contributed by atoms with Crippen LogP contribution in [0.1, 0.15) is 18.5 Å². The van der Waals surface area contributed by atoms with Crippen LogP contribution in [0.3, 0.4) is 0 Å². The van der Waals surface area contributed by atoms with Gasteiger partial charge in [0.2, 0.25) is 5.91 Å². The summed E-state index contributed by atoms with van der Waals surface area (Å²) in [6.07, 6.45) is 3.06. The maximum Gasteiger partial charge on any atom is 0.221 e. The van der Waals surface area contributed by atoms with Crippen LogP contribution in [0.15, 0.2) is 12.3 Å². The first-order valence-corrected chi connectivity index (χ1v) is 5.48. The fourth-order valence-electron chi connectivity index (χ4n) is 1.37. The average Bonchev–Trinajstić information content (AvgIpc) is 2.67. The Hall–Kier alpha value is -1.36. The van der Waals surface area contributed by atoms with E-state index in [2.05, 4.69) is 10.4 Å². The van der Waals surface area contributed by atoms with Gasteiger partial charge in [0.25, 0.3) is 0 Å². The molecule has 1 aromatic rings. The molecular weight excluding hydrogens is 206 g/mol. The van der Waals surface area contributed by atoms with E-state index in [1.54, 1.807) is 13.3 Å². The molecular formula is C11H19N3O2. The highest BCUT2D eigenvalue weighted by Crippen LogP contribution is 1.97. The highest BCUT2D eigenvalue weighted by Gasteiger charge is 2.02. The lowest BCUT2D eigenvalue weighted by Crippen LogP contribution is -2.26. The van der Waals surface area contributed by atoms with Crippen LogP contribution < -0.4 is 5.32 Å². The van der Waals surface area contributed by atoms with Crippen molar-refractivity contribution >= 4 is 5.91 Å². The van der Waals surface area contributed by atoms with E-state index in [9.17, 15) is 4.79 Å². The van der Waals surface area contributed by atoms with Crippen LogP contribution in [0.2, 0.25) is 0 Å². The first kappa shape index (κ1) is 12.7. The zero-order valence-corrected chi connectivity index (χ0v) is 9.90. The van der Waals surface area contributed by atoms with E-state index in [0.29, 0.717) is 26.1 Å². The zero-order valence-electron chi connectivity index (χ0n) is 9.90. The van der Waals surface area contributed by atoms with Gasteiger partial charge in [-0.2, -0.15) is 5.10 Å². The van der Waals surface area contributed by atoms with Gasteiger partial charge in [-0.25, -0.2) is 0 Å². The number of ether oxygens (including phenoxy) is 1. The highest BCUT2D eigenvalue weighted by atomic mass is 16.5. The summed E-state index contributed by atoms with van der Waals surface area (Å²) in [4.78, 5) is 11.4. The summed E-state index contributed by atoms with van der Waals surface area (Å²) in [7, 11) is 1.66. The first-order chi connectivity index (χ1) is 7.74. The standard InChI is InChI=1S/C11H19N3O2/c1-10-4-7-13-14(10)8-5-11(15)12-6-3-9-16-2/h4,7H,3,5-6,8-9H2,1-2H3,(H,12,15). The van der Waals surface area contributed by atoms with E-state index in [0.717, 1.165) is 12.1 Å². The van der Waals surface area contributed by atoms with Gasteiger partial charge in [-0.05, 0) is 19.4 Å². The SMILES string of the molecule is COCCCNC(=O)CCn1nccc1C. The molecule has 0 atom stereocenters. The van der Waals surface area contributed by atoms with Crippen molar-refractivity contribution in [2.45, 2.75) is 26.3 Å². The number of hydrogen-bond donors (Lipinski definition) is 1. The number of nitrogens with zero attached hydrogens (tertiary/aromatic N) is 2. The van der Waals surface area contributed by atoms with E-state index >= 15 is 0 Å². The molecule has 16 heavy (non-hydrogen) atoms. The Labute approximate surface area is 95.8 Å². The highest BCUT2D eigenvalue weighted by molar-refractivity contribution is 5.75. The molecule has 0 aliphatic heterocycles. The van der Waals surface area contributed by atoms with Crippen LogP contribution >= 0.6 is 0 Å². The molecule has 0 bridgehead atoms. The first-order valence-electron chi connectivity index (χ1n) is 5.48. The monoisotopic (exact) mass is 225 g/mol. The van der Waals surface area contributed by atoms with Crippen LogP contribution in [0.4, 0.5) is 0 Å². The minimum Gasteiger partial charge on any atom is -0.385 e. The van der Waals surface area contributed by atoms with E-state index < -0.39 is 0 Å². The van der Waals surface area contributed by atoms with Crippen molar-refractivity contribution in [3.05, 3.63) is 18.0 Å². The quantitative estimate of drug-likeness (QED) is 0.696. The van der Waals surface area contributed by atoms with Crippen LogP contribution in [0, 0.1) is 6.92 Å². The number of methoxy groups -OCH3 is 1. The average molecular weight is 225 g/mol. The van der Waals surface area contributed by atoms with Gasteiger partial charge < -0.3 is 10.1 Å². The fourth-order valence-corrected chi connectivity index (χ4v) is 1.37. The fraction of sp³-hybridized carbons (Fsp3) is 0.636. The summed E-state index contributed by atoms with van der Waals surface area (Å²) in [5, 5.41) is 6.95. The van der Waals surface area contributed by atoms with Crippen LogP contribution in [-0.2, 0) is 16.1 Å². The number of amides is 1. The number of nitrogens with one attached hydrogen (secondary N) is 1. The summed E-state index contributed by atoms with van der Waals surface area (Å²) < 4.78 is 6.72. The van der Waals surface area contributed by atoms with Crippen molar-refractivity contribution in [1.82, 2.24) is 15.1 Å². The van der Waals surface area contributed by atoms with E-state index in [1.807, 2.05) is 17.7 Å². The molecule has 1 aromatic heterocycles. The molecule has 0 saturated heterocycles. The summed E-state index contributed by atoms with van der Waals surface area (Å²) in [5.74, 6) is 0.0611. The minimum atomic E-state index is 0.0611. The van der Waals surface area contributed by atoms with Gasteiger partial charge in [0.1, 0.15) is 0 Å². The molecule has 0 aromatic carbocycles. The number of rotatable bonds is 7. The second kappa shape index (κ2) is 7.00. The van der Waals surface area contributed by atoms with E-state index in [4.69, 9.17) is 4.74 Å². The molecule has 90 valence electrons. The Balaban J connectivity index is 2.13. The third-order valence-electron chi connectivity index (χ3n) is 2.33. The van der Waals surface area contributed by atoms with Gasteiger partial charge in [-0.1, -0.05) is 0 Å². The summed E-state index contributed by atoms with van der Waals surface area (Å²) >= 11 is 0. The Morgan fingerprint density at radius 2 is 2.44 bits per heavy atom. The Morgan fingerprint density at radius 3 is 3.06 bits per heavy atom. The molecule has 0 aliphatic carbocycles. The van der Waals surface area contributed by atoms with Gasteiger partial charge in [0, 0.05) is 45.1 Å². The molecule has 0 saturated carbocycles. The molecule has 1 heterocycles. The lowest BCUT2D eigenvalue weighted by Gasteiger charge is -2.06. The van der Waals surface area contributed by atoms with Crippen molar-refractivity contribution < 1.29 is 9.53 Å². The molecule has 0 unspecified atom stereocenters. The Morgan fingerprint density at radius 1 is 1.62 bits per heavy atom. The largest absolute Gasteiger partial charge is 0.385 e. The predicted octanol–water partition coefficient (Wildman–Crippen LogP) is 0.734. The van der Waals surface area contributed by atoms with Crippen molar-refractivity contribution in [2.24, 2.45) is 0 Å².